The summed E-state index contributed by atoms with van der Waals surface area (Å²) in [7, 11) is 0. The van der Waals surface area contributed by atoms with Gasteiger partial charge in [0.15, 0.2) is 11.6 Å². The molecule has 6 rings (SSSR count). The molecule has 2 saturated heterocycles. The van der Waals surface area contributed by atoms with Crippen molar-refractivity contribution in [1.29, 1.82) is 0 Å². The molecule has 4 aliphatic rings. The Morgan fingerprint density at radius 3 is 2.75 bits per heavy atom. The van der Waals surface area contributed by atoms with Crippen LogP contribution in [0.2, 0.25) is 0 Å². The van der Waals surface area contributed by atoms with Crippen LogP contribution in [0.4, 0.5) is 17.3 Å². The highest BCUT2D eigenvalue weighted by Crippen LogP contribution is 2.56. The van der Waals surface area contributed by atoms with Crippen molar-refractivity contribution in [2.45, 2.75) is 31.1 Å². The molecule has 1 aromatic heterocycles. The smallest absolute Gasteiger partial charge is 0.254 e. The van der Waals surface area contributed by atoms with Gasteiger partial charge in [-0.2, -0.15) is 0 Å². The van der Waals surface area contributed by atoms with E-state index in [9.17, 15) is 4.79 Å². The van der Waals surface area contributed by atoms with Crippen molar-refractivity contribution in [2.75, 3.05) is 62.3 Å². The van der Waals surface area contributed by atoms with Crippen LogP contribution in [0.5, 0.6) is 0 Å². The number of nitrogens with zero attached hydrogens (tertiary/aromatic N) is 5. The number of carbonyl (C=O) groups excluding carboxylic acids is 1. The summed E-state index contributed by atoms with van der Waals surface area (Å²) in [6.45, 7) is 8.83. The fourth-order valence-electron chi connectivity index (χ4n) is 5.35. The lowest BCUT2D eigenvalue weighted by Gasteiger charge is -2.32. The number of para-hydroxylation sites is 1. The standard InChI is InChI=1S/C27H32N6O2S/c1-2-7-19-20-18-23(32-14-16-35-17-15-32)29-30-25(20)33-21-8-3-4-9-22(21)36-27(33)24(19)26(34)28-10-13-31-11-5-6-12-31/h3-4,7-9,18H,2,5-6,10-17H2,1H3,(H,28,34)/b19-7+. The molecular weight excluding hydrogens is 472 g/mol. The van der Waals surface area contributed by atoms with Gasteiger partial charge in [-0.05, 0) is 56.1 Å². The van der Waals surface area contributed by atoms with Crippen molar-refractivity contribution in [1.82, 2.24) is 20.4 Å². The zero-order valence-corrected chi connectivity index (χ0v) is 21.5. The number of likely N-dealkylation sites (tertiary alicyclic amines) is 1. The van der Waals surface area contributed by atoms with Crippen molar-refractivity contribution in [3.8, 4) is 0 Å². The molecule has 0 bridgehead atoms. The second-order valence-electron chi connectivity index (χ2n) is 9.46. The van der Waals surface area contributed by atoms with E-state index in [1.54, 1.807) is 11.8 Å². The summed E-state index contributed by atoms with van der Waals surface area (Å²) in [5.74, 6) is 1.59. The first kappa shape index (κ1) is 23.5. The Balaban J connectivity index is 1.40. The number of rotatable bonds is 6. The van der Waals surface area contributed by atoms with E-state index < -0.39 is 0 Å². The minimum absolute atomic E-state index is 0.0235. The van der Waals surface area contributed by atoms with Crippen LogP contribution < -0.4 is 15.1 Å². The number of carbonyl (C=O) groups is 1. The Labute approximate surface area is 216 Å². The second-order valence-corrected chi connectivity index (χ2v) is 10.5. The Morgan fingerprint density at radius 2 is 1.94 bits per heavy atom. The Kier molecular flexibility index (Phi) is 6.69. The maximum absolute atomic E-state index is 13.8. The van der Waals surface area contributed by atoms with E-state index in [2.05, 4.69) is 56.3 Å². The lowest BCUT2D eigenvalue weighted by Crippen LogP contribution is -2.38. The van der Waals surface area contributed by atoms with Crippen molar-refractivity contribution in [3.05, 3.63) is 52.6 Å². The van der Waals surface area contributed by atoms with Gasteiger partial charge >= 0.3 is 0 Å². The SMILES string of the molecule is CC/C=C1/C(C(=O)NCCN2CCCC2)=C2Sc3ccccc3N2c2nnc(N3CCOCC3)cc21. The molecule has 8 nitrogen and oxygen atoms in total. The molecule has 188 valence electrons. The maximum Gasteiger partial charge on any atom is 0.254 e. The van der Waals surface area contributed by atoms with Crippen LogP contribution >= 0.6 is 11.8 Å². The van der Waals surface area contributed by atoms with Crippen molar-refractivity contribution in [2.24, 2.45) is 0 Å². The highest BCUT2D eigenvalue weighted by molar-refractivity contribution is 8.03. The highest BCUT2D eigenvalue weighted by atomic mass is 32.2. The third-order valence-electron chi connectivity index (χ3n) is 7.15. The number of thioether (sulfide) groups is 1. The fraction of sp³-hybridized carbons (Fsp3) is 0.444. The molecule has 4 aliphatic heterocycles. The average molecular weight is 505 g/mol. The number of nitrogens with one attached hydrogen (secondary N) is 1. The van der Waals surface area contributed by atoms with Gasteiger partial charge in [0.2, 0.25) is 0 Å². The van der Waals surface area contributed by atoms with Crippen LogP contribution in [0.3, 0.4) is 0 Å². The average Bonchev–Trinajstić information content (AvgIpc) is 3.57. The van der Waals surface area contributed by atoms with Crippen LogP contribution in [-0.2, 0) is 9.53 Å². The van der Waals surface area contributed by atoms with E-state index >= 15 is 0 Å². The lowest BCUT2D eigenvalue weighted by atomic mass is 9.93. The lowest BCUT2D eigenvalue weighted by molar-refractivity contribution is -0.117. The van der Waals surface area contributed by atoms with Gasteiger partial charge in [-0.3, -0.25) is 9.69 Å². The summed E-state index contributed by atoms with van der Waals surface area (Å²) in [5.41, 5.74) is 3.68. The van der Waals surface area contributed by atoms with E-state index in [1.165, 1.54) is 12.8 Å². The van der Waals surface area contributed by atoms with Gasteiger partial charge in [-0.1, -0.05) is 36.9 Å². The molecule has 5 heterocycles. The Morgan fingerprint density at radius 1 is 1.14 bits per heavy atom. The summed E-state index contributed by atoms with van der Waals surface area (Å²) in [5, 5.41) is 13.5. The minimum Gasteiger partial charge on any atom is -0.378 e. The van der Waals surface area contributed by atoms with Crippen LogP contribution in [0, 0.1) is 0 Å². The molecule has 0 radical (unpaired) electrons. The first-order valence-corrected chi connectivity index (χ1v) is 13.8. The molecule has 1 aromatic carbocycles. The van der Waals surface area contributed by atoms with Gasteiger partial charge < -0.3 is 19.9 Å². The molecule has 9 heteroatoms. The third kappa shape index (κ3) is 4.29. The summed E-state index contributed by atoms with van der Waals surface area (Å²) < 4.78 is 5.54. The molecule has 0 spiro atoms. The Bertz CT molecular complexity index is 1220. The number of fused-ring (bicyclic) bond motifs is 5. The van der Waals surface area contributed by atoms with Gasteiger partial charge in [0.1, 0.15) is 0 Å². The maximum atomic E-state index is 13.8. The van der Waals surface area contributed by atoms with Gasteiger partial charge in [-0.25, -0.2) is 0 Å². The number of amides is 1. The molecule has 0 saturated carbocycles. The predicted octanol–water partition coefficient (Wildman–Crippen LogP) is 3.79. The van der Waals surface area contributed by atoms with Gasteiger partial charge in [0, 0.05) is 36.6 Å². The molecule has 1 N–H and O–H groups in total. The van der Waals surface area contributed by atoms with E-state index in [0.29, 0.717) is 19.8 Å². The number of allylic oxidation sites excluding steroid dienone is 1. The topological polar surface area (TPSA) is 73.8 Å². The molecule has 2 aromatic rings. The fourth-order valence-corrected chi connectivity index (χ4v) is 6.55. The molecule has 2 fully saturated rings. The predicted molar refractivity (Wildman–Crippen MR) is 143 cm³/mol. The number of hydrogen-bond acceptors (Lipinski definition) is 8. The summed E-state index contributed by atoms with van der Waals surface area (Å²) in [6.07, 6.45) is 5.48. The van der Waals surface area contributed by atoms with Crippen LogP contribution in [0.15, 0.2) is 51.9 Å². The number of hydrogen-bond donors (Lipinski definition) is 1. The molecule has 0 atom stereocenters. The van der Waals surface area contributed by atoms with Crippen LogP contribution in [0.25, 0.3) is 5.57 Å². The van der Waals surface area contributed by atoms with E-state index in [0.717, 1.165) is 83.1 Å². The largest absolute Gasteiger partial charge is 0.378 e. The monoisotopic (exact) mass is 504 g/mol. The normalized spacial score (nSPS) is 20.5. The number of benzene rings is 1. The first-order chi connectivity index (χ1) is 17.7. The van der Waals surface area contributed by atoms with Gasteiger partial charge in [-0.15, -0.1) is 10.2 Å². The molecule has 0 unspecified atom stereocenters. The zero-order valence-electron chi connectivity index (χ0n) is 20.7. The number of morpholine rings is 1. The molecule has 0 aliphatic carbocycles. The third-order valence-corrected chi connectivity index (χ3v) is 8.29. The van der Waals surface area contributed by atoms with Crippen LogP contribution in [0.1, 0.15) is 31.7 Å². The van der Waals surface area contributed by atoms with Gasteiger partial charge in [0.25, 0.3) is 5.91 Å². The van der Waals surface area contributed by atoms with Crippen molar-refractivity contribution in [3.63, 3.8) is 0 Å². The number of anilines is 3. The second kappa shape index (κ2) is 10.2. The number of aromatic nitrogens is 2. The first-order valence-electron chi connectivity index (χ1n) is 13.0. The van der Waals surface area contributed by atoms with Crippen molar-refractivity contribution >= 4 is 40.6 Å². The number of ether oxygens (including phenoxy) is 1. The van der Waals surface area contributed by atoms with Gasteiger partial charge in [0.05, 0.1) is 29.5 Å². The van der Waals surface area contributed by atoms with Crippen molar-refractivity contribution < 1.29 is 9.53 Å². The molecular formula is C27H32N6O2S. The van der Waals surface area contributed by atoms with Crippen LogP contribution in [-0.4, -0.2) is 73.5 Å². The molecule has 36 heavy (non-hydrogen) atoms. The summed E-state index contributed by atoms with van der Waals surface area (Å²) in [6, 6.07) is 10.4. The Hall–Kier alpha value is -2.88. The summed E-state index contributed by atoms with van der Waals surface area (Å²) in [4.78, 5) is 21.7. The van der Waals surface area contributed by atoms with E-state index in [-0.39, 0.29) is 5.91 Å². The molecule has 1 amide bonds. The quantitative estimate of drug-likeness (QED) is 0.637. The minimum atomic E-state index is -0.0235. The summed E-state index contributed by atoms with van der Waals surface area (Å²) >= 11 is 1.64. The van der Waals surface area contributed by atoms with E-state index in [4.69, 9.17) is 9.84 Å². The zero-order chi connectivity index (χ0) is 24.5. The van der Waals surface area contributed by atoms with E-state index in [1.807, 2.05) is 12.1 Å². The highest BCUT2D eigenvalue weighted by Gasteiger charge is 2.40.